The number of carbonyl (C=O) groups is 1. The number of anilines is 1. The first-order valence-corrected chi connectivity index (χ1v) is 17.8. The number of para-hydroxylation sites is 1. The number of carbonyl (C=O) groups excluding carboxylic acids is 1. The molecule has 51 heavy (non-hydrogen) atoms. The molecule has 10 nitrogen and oxygen atoms in total. The minimum absolute atomic E-state index is 0.178. The smallest absolute Gasteiger partial charge is 0.410 e. The molecule has 3 aromatic carbocycles. The minimum Gasteiger partial charge on any atom is -0.473 e. The monoisotopic (exact) mass is 689 g/mol. The largest absolute Gasteiger partial charge is 0.473 e. The Kier molecular flexibility index (Phi) is 9.26. The van der Waals surface area contributed by atoms with Gasteiger partial charge in [-0.3, -0.25) is 9.13 Å². The lowest BCUT2D eigenvalue weighted by Crippen LogP contribution is -2.56. The molecule has 1 saturated heterocycles. The summed E-state index contributed by atoms with van der Waals surface area (Å²) in [5.74, 6) is 0.734. The van der Waals surface area contributed by atoms with Crippen LogP contribution in [0.25, 0.3) is 16.7 Å². The van der Waals surface area contributed by atoms with Crippen molar-refractivity contribution < 1.29 is 19.0 Å². The van der Waals surface area contributed by atoms with E-state index in [-0.39, 0.29) is 29.8 Å². The maximum atomic E-state index is 14.1. The van der Waals surface area contributed by atoms with E-state index in [2.05, 4.69) is 11.0 Å². The number of hydrogen-bond donors (Lipinski definition) is 0. The summed E-state index contributed by atoms with van der Waals surface area (Å²) < 4.78 is 21.4. The van der Waals surface area contributed by atoms with E-state index in [0.29, 0.717) is 24.1 Å². The van der Waals surface area contributed by atoms with E-state index >= 15 is 0 Å². The van der Waals surface area contributed by atoms with Crippen LogP contribution in [0.2, 0.25) is 0 Å². The number of rotatable bonds is 9. The van der Waals surface area contributed by atoms with Gasteiger partial charge in [-0.25, -0.2) is 9.59 Å². The van der Waals surface area contributed by atoms with Gasteiger partial charge in [0.05, 0.1) is 16.7 Å². The number of fused-ring (bicyclic) bond motifs is 1. The number of piperidine rings is 1. The molecule has 0 bridgehead atoms. The molecule has 1 saturated carbocycles. The number of aryl methyl sites for hydroxylation is 1. The molecule has 3 heterocycles. The molecule has 1 amide bonds. The van der Waals surface area contributed by atoms with E-state index in [1.165, 1.54) is 0 Å². The number of benzene rings is 3. The SMILES string of the molecule is CN(C(=O)OC(C)(C)C)C1CC2(CCN(c3cccc4c3n(C)c(=O)n4-c3ccc(OCc4ccccc4)nc3OCc3ccccc3)CC2)C1. The summed E-state index contributed by atoms with van der Waals surface area (Å²) in [5, 5.41) is 0. The van der Waals surface area contributed by atoms with Crippen LogP contribution in [0.4, 0.5) is 10.5 Å². The molecule has 1 aliphatic heterocycles. The van der Waals surface area contributed by atoms with Crippen LogP contribution >= 0.6 is 0 Å². The number of pyridine rings is 1. The van der Waals surface area contributed by atoms with Gasteiger partial charge in [-0.2, -0.15) is 4.98 Å². The van der Waals surface area contributed by atoms with Crippen LogP contribution in [-0.4, -0.2) is 56.9 Å². The van der Waals surface area contributed by atoms with Crippen LogP contribution < -0.4 is 20.1 Å². The van der Waals surface area contributed by atoms with Crippen LogP contribution in [0.15, 0.2) is 95.8 Å². The summed E-state index contributed by atoms with van der Waals surface area (Å²) in [6.07, 6.45) is 3.78. The molecule has 0 unspecified atom stereocenters. The second-order valence-corrected chi connectivity index (χ2v) is 15.0. The third kappa shape index (κ3) is 7.18. The molecule has 1 spiro atoms. The Morgan fingerprint density at radius 1 is 0.843 bits per heavy atom. The van der Waals surface area contributed by atoms with Crippen molar-refractivity contribution in [3.63, 3.8) is 0 Å². The van der Waals surface area contributed by atoms with Crippen molar-refractivity contribution in [2.75, 3.05) is 25.0 Å². The normalized spacial score (nSPS) is 15.8. The Labute approximate surface area is 299 Å². The number of nitrogens with zero attached hydrogens (tertiary/aromatic N) is 5. The van der Waals surface area contributed by atoms with Crippen molar-refractivity contribution in [1.82, 2.24) is 19.0 Å². The molecule has 2 fully saturated rings. The van der Waals surface area contributed by atoms with E-state index < -0.39 is 5.60 Å². The average molecular weight is 690 g/mol. The lowest BCUT2D eigenvalue weighted by molar-refractivity contribution is -0.0272. The van der Waals surface area contributed by atoms with Gasteiger partial charge in [-0.15, -0.1) is 0 Å². The van der Waals surface area contributed by atoms with Crippen molar-refractivity contribution in [2.45, 2.75) is 71.3 Å². The number of amides is 1. The van der Waals surface area contributed by atoms with Gasteiger partial charge in [0.2, 0.25) is 11.8 Å². The van der Waals surface area contributed by atoms with Gasteiger partial charge in [0, 0.05) is 39.3 Å². The molecule has 7 rings (SSSR count). The standard InChI is InChI=1S/C41H47N5O5/c1-40(2,3)51-39(48)43(4)31-25-41(26-31)21-23-45(24-22-41)32-17-12-18-33-36(32)44(5)38(47)46(33)34-19-20-35(49-27-29-13-8-6-9-14-29)42-37(34)50-28-30-15-10-7-11-16-30/h6-20,31H,21-28H2,1-5H3. The van der Waals surface area contributed by atoms with Crippen LogP contribution in [0.5, 0.6) is 11.8 Å². The Bertz CT molecular complexity index is 2050. The Hall–Kier alpha value is -5.25. The van der Waals surface area contributed by atoms with Crippen LogP contribution in [-0.2, 0) is 25.0 Å². The van der Waals surface area contributed by atoms with Crippen molar-refractivity contribution in [3.05, 3.63) is 113 Å². The fraction of sp³-hybridized carbons (Fsp3) is 0.390. The summed E-state index contributed by atoms with van der Waals surface area (Å²) in [6, 6.07) is 29.8. The predicted octanol–water partition coefficient (Wildman–Crippen LogP) is 7.50. The van der Waals surface area contributed by atoms with Crippen molar-refractivity contribution in [2.24, 2.45) is 12.5 Å². The first kappa shape index (κ1) is 34.2. The molecular formula is C41H47N5O5. The van der Waals surface area contributed by atoms with E-state index in [1.807, 2.05) is 114 Å². The van der Waals surface area contributed by atoms with Crippen LogP contribution in [0.1, 0.15) is 57.6 Å². The summed E-state index contributed by atoms with van der Waals surface area (Å²) in [4.78, 5) is 35.7. The highest BCUT2D eigenvalue weighted by Crippen LogP contribution is 2.51. The number of hydrogen-bond acceptors (Lipinski definition) is 7. The summed E-state index contributed by atoms with van der Waals surface area (Å²) in [6.45, 7) is 8.10. The Morgan fingerprint density at radius 3 is 2.10 bits per heavy atom. The molecular weight excluding hydrogens is 642 g/mol. The van der Waals surface area contributed by atoms with Gasteiger partial charge in [-0.05, 0) is 81.2 Å². The summed E-state index contributed by atoms with van der Waals surface area (Å²) >= 11 is 0. The lowest BCUT2D eigenvalue weighted by Gasteiger charge is -2.54. The van der Waals surface area contributed by atoms with Gasteiger partial charge >= 0.3 is 11.8 Å². The lowest BCUT2D eigenvalue weighted by atomic mass is 9.60. The zero-order valence-corrected chi connectivity index (χ0v) is 30.2. The number of ether oxygens (including phenoxy) is 3. The molecule has 2 aromatic heterocycles. The predicted molar refractivity (Wildman–Crippen MR) is 199 cm³/mol. The van der Waals surface area contributed by atoms with Gasteiger partial charge in [0.1, 0.15) is 24.5 Å². The summed E-state index contributed by atoms with van der Waals surface area (Å²) in [5.41, 5.74) is 4.80. The highest BCUT2D eigenvalue weighted by Gasteiger charge is 2.48. The topological polar surface area (TPSA) is 91.1 Å². The molecule has 5 aromatic rings. The fourth-order valence-corrected chi connectivity index (χ4v) is 7.44. The van der Waals surface area contributed by atoms with Gasteiger partial charge < -0.3 is 24.0 Å². The molecule has 0 radical (unpaired) electrons. The minimum atomic E-state index is -0.508. The first-order chi connectivity index (χ1) is 24.5. The number of imidazole rings is 1. The van der Waals surface area contributed by atoms with E-state index in [1.54, 1.807) is 20.1 Å². The molecule has 266 valence electrons. The molecule has 10 heteroatoms. The zero-order chi connectivity index (χ0) is 35.8. The van der Waals surface area contributed by atoms with Gasteiger partial charge in [0.25, 0.3) is 0 Å². The van der Waals surface area contributed by atoms with E-state index in [0.717, 1.165) is 66.6 Å². The highest BCUT2D eigenvalue weighted by molar-refractivity contribution is 5.91. The van der Waals surface area contributed by atoms with Gasteiger partial charge in [-0.1, -0.05) is 66.7 Å². The molecule has 0 N–H and O–H groups in total. The maximum absolute atomic E-state index is 14.1. The quantitative estimate of drug-likeness (QED) is 0.158. The molecule has 0 atom stereocenters. The maximum Gasteiger partial charge on any atom is 0.410 e. The average Bonchev–Trinajstić information content (AvgIpc) is 3.37. The van der Waals surface area contributed by atoms with Crippen molar-refractivity contribution >= 4 is 22.8 Å². The number of aromatic nitrogens is 3. The Morgan fingerprint density at radius 2 is 1.47 bits per heavy atom. The van der Waals surface area contributed by atoms with Crippen molar-refractivity contribution in [1.29, 1.82) is 0 Å². The molecule has 2 aliphatic rings. The van der Waals surface area contributed by atoms with Crippen LogP contribution in [0.3, 0.4) is 0 Å². The van der Waals surface area contributed by atoms with E-state index in [9.17, 15) is 9.59 Å². The summed E-state index contributed by atoms with van der Waals surface area (Å²) in [7, 11) is 3.68. The van der Waals surface area contributed by atoms with Gasteiger partial charge in [0.15, 0.2) is 0 Å². The Balaban J connectivity index is 1.13. The first-order valence-electron chi connectivity index (χ1n) is 17.8. The molecule has 1 aliphatic carbocycles. The van der Waals surface area contributed by atoms with E-state index in [4.69, 9.17) is 19.2 Å². The highest BCUT2D eigenvalue weighted by atomic mass is 16.6. The zero-order valence-electron chi connectivity index (χ0n) is 30.2. The fourth-order valence-electron chi connectivity index (χ4n) is 7.44. The third-order valence-electron chi connectivity index (χ3n) is 10.3. The van der Waals surface area contributed by atoms with Crippen LogP contribution in [0, 0.1) is 5.41 Å². The third-order valence-corrected chi connectivity index (χ3v) is 10.3. The van der Waals surface area contributed by atoms with Crippen molar-refractivity contribution in [3.8, 4) is 17.4 Å². The second-order valence-electron chi connectivity index (χ2n) is 15.0. The second kappa shape index (κ2) is 13.8.